The highest BCUT2D eigenvalue weighted by molar-refractivity contribution is 9.10. The van der Waals surface area contributed by atoms with Gasteiger partial charge < -0.3 is 5.32 Å². The summed E-state index contributed by atoms with van der Waals surface area (Å²) in [6.45, 7) is 0. The number of H-pyrrole nitrogens is 3. The molecular weight excluding hydrogens is 398 g/mol. The lowest BCUT2D eigenvalue weighted by atomic mass is 9.81. The van der Waals surface area contributed by atoms with Crippen LogP contribution in [0.3, 0.4) is 0 Å². The lowest BCUT2D eigenvalue weighted by Crippen LogP contribution is -2.31. The highest BCUT2D eigenvalue weighted by atomic mass is 79.9. The van der Waals surface area contributed by atoms with Gasteiger partial charge in [-0.2, -0.15) is 5.10 Å². The molecule has 1 unspecified atom stereocenters. The molecule has 4 N–H and O–H groups in total. The van der Waals surface area contributed by atoms with E-state index in [0.29, 0.717) is 11.4 Å². The third-order valence-electron chi connectivity index (χ3n) is 4.69. The van der Waals surface area contributed by atoms with Gasteiger partial charge in [0.15, 0.2) is 0 Å². The molecule has 0 fully saturated rings. The Hall–Kier alpha value is -3.13. The van der Waals surface area contributed by atoms with E-state index in [2.05, 4.69) is 41.4 Å². The molecule has 128 valence electrons. The summed E-state index contributed by atoms with van der Waals surface area (Å²) in [6, 6.07) is 11.7. The Morgan fingerprint density at radius 2 is 1.77 bits per heavy atom. The predicted molar refractivity (Wildman–Crippen MR) is 102 cm³/mol. The van der Waals surface area contributed by atoms with Crippen molar-refractivity contribution in [2.75, 3.05) is 5.32 Å². The third kappa shape index (κ3) is 2.15. The van der Waals surface area contributed by atoms with Gasteiger partial charge in [-0.3, -0.25) is 19.9 Å². The van der Waals surface area contributed by atoms with Gasteiger partial charge in [0.1, 0.15) is 5.82 Å². The van der Waals surface area contributed by atoms with E-state index in [1.54, 1.807) is 6.20 Å². The van der Waals surface area contributed by atoms with Gasteiger partial charge in [0.05, 0.1) is 17.3 Å². The van der Waals surface area contributed by atoms with Crippen LogP contribution >= 0.6 is 15.9 Å². The van der Waals surface area contributed by atoms with Crippen LogP contribution in [-0.4, -0.2) is 20.2 Å². The van der Waals surface area contributed by atoms with E-state index in [1.165, 1.54) is 0 Å². The molecule has 0 saturated heterocycles. The molecule has 4 aromatic rings. The number of anilines is 2. The first kappa shape index (κ1) is 15.2. The average Bonchev–Trinajstić information content (AvgIpc) is 3.09. The summed E-state index contributed by atoms with van der Waals surface area (Å²) < 4.78 is 0.951. The fourth-order valence-electron chi connectivity index (χ4n) is 3.60. The van der Waals surface area contributed by atoms with Gasteiger partial charge in [-0.1, -0.05) is 28.1 Å². The Morgan fingerprint density at radius 1 is 0.962 bits per heavy atom. The Balaban J connectivity index is 1.89. The standard InChI is InChI=1S/C18H12BrN5O2/c19-9-3-1-8(2-4-9)13-14-10-7-20-24-11(10)5-6-12(14)21-16-15(13)17(25)23-18(26)22-16/h1-7,13H,(H,20,24)(H3,21,22,23,25,26). The molecule has 8 heteroatoms. The van der Waals surface area contributed by atoms with E-state index in [4.69, 9.17) is 0 Å². The lowest BCUT2D eigenvalue weighted by molar-refractivity contribution is 0.893. The molecule has 0 radical (unpaired) electrons. The second-order valence-electron chi connectivity index (χ2n) is 6.16. The molecule has 2 aromatic carbocycles. The molecule has 0 saturated carbocycles. The SMILES string of the molecule is O=c1[nH]c2c(c(=O)[nH]1)C(c1ccc(Br)cc1)c1c(ccc3[nH]ncc13)N2. The first-order valence-corrected chi connectivity index (χ1v) is 8.76. The maximum atomic E-state index is 12.7. The van der Waals surface area contributed by atoms with E-state index in [-0.39, 0.29) is 5.92 Å². The molecule has 0 bridgehead atoms. The molecule has 0 aliphatic carbocycles. The van der Waals surface area contributed by atoms with Crippen LogP contribution in [-0.2, 0) is 0 Å². The van der Waals surface area contributed by atoms with Crippen molar-refractivity contribution in [2.45, 2.75) is 5.92 Å². The molecule has 1 atom stereocenters. The second-order valence-corrected chi connectivity index (χ2v) is 7.08. The zero-order valence-electron chi connectivity index (χ0n) is 13.3. The van der Waals surface area contributed by atoms with Crippen LogP contribution in [0.1, 0.15) is 22.6 Å². The van der Waals surface area contributed by atoms with Gasteiger partial charge in [-0.05, 0) is 35.4 Å². The zero-order chi connectivity index (χ0) is 17.8. The van der Waals surface area contributed by atoms with E-state index in [0.717, 1.165) is 32.2 Å². The van der Waals surface area contributed by atoms with Crippen LogP contribution in [0.4, 0.5) is 11.5 Å². The van der Waals surface area contributed by atoms with Crippen molar-refractivity contribution < 1.29 is 0 Å². The van der Waals surface area contributed by atoms with Gasteiger partial charge in [-0.15, -0.1) is 0 Å². The minimum Gasteiger partial charge on any atom is -0.341 e. The number of aromatic amines is 3. The fourth-order valence-corrected chi connectivity index (χ4v) is 3.86. The van der Waals surface area contributed by atoms with E-state index >= 15 is 0 Å². The van der Waals surface area contributed by atoms with Crippen molar-refractivity contribution in [3.8, 4) is 0 Å². The highest BCUT2D eigenvalue weighted by Gasteiger charge is 2.32. The Kier molecular flexibility index (Phi) is 3.17. The summed E-state index contributed by atoms with van der Waals surface area (Å²) in [7, 11) is 0. The van der Waals surface area contributed by atoms with E-state index < -0.39 is 11.2 Å². The minimum absolute atomic E-state index is 0.337. The molecule has 26 heavy (non-hydrogen) atoms. The normalized spacial score (nSPS) is 15.3. The Morgan fingerprint density at radius 3 is 2.58 bits per heavy atom. The highest BCUT2D eigenvalue weighted by Crippen LogP contribution is 2.45. The quantitative estimate of drug-likeness (QED) is 0.341. The smallest absolute Gasteiger partial charge is 0.327 e. The number of halogens is 1. The van der Waals surface area contributed by atoms with Crippen molar-refractivity contribution in [1.82, 2.24) is 20.2 Å². The minimum atomic E-state index is -0.538. The summed E-state index contributed by atoms with van der Waals surface area (Å²) in [4.78, 5) is 29.5. The number of fused-ring (bicyclic) bond motifs is 4. The molecule has 5 rings (SSSR count). The van der Waals surface area contributed by atoms with E-state index in [9.17, 15) is 9.59 Å². The van der Waals surface area contributed by atoms with Gasteiger partial charge in [0, 0.05) is 21.5 Å². The van der Waals surface area contributed by atoms with Crippen molar-refractivity contribution in [2.24, 2.45) is 0 Å². The molecular formula is C18H12BrN5O2. The van der Waals surface area contributed by atoms with Gasteiger partial charge in [0.25, 0.3) is 5.56 Å². The number of aromatic nitrogens is 4. The van der Waals surface area contributed by atoms with Gasteiger partial charge in [0.2, 0.25) is 0 Å². The number of rotatable bonds is 1. The predicted octanol–water partition coefficient (Wildman–Crippen LogP) is 2.94. The number of nitrogens with one attached hydrogen (secondary N) is 4. The van der Waals surface area contributed by atoms with Crippen LogP contribution in [0, 0.1) is 0 Å². The van der Waals surface area contributed by atoms with Crippen LogP contribution in [0.15, 0.2) is 56.7 Å². The fraction of sp³-hybridized carbons (Fsp3) is 0.0556. The largest absolute Gasteiger partial charge is 0.341 e. The van der Waals surface area contributed by atoms with Crippen molar-refractivity contribution in [3.05, 3.63) is 84.6 Å². The summed E-state index contributed by atoms with van der Waals surface area (Å²) >= 11 is 3.45. The second kappa shape index (κ2) is 5.43. The summed E-state index contributed by atoms with van der Waals surface area (Å²) in [6.07, 6.45) is 1.76. The first-order valence-electron chi connectivity index (χ1n) is 7.97. The third-order valence-corrected chi connectivity index (χ3v) is 5.21. The lowest BCUT2D eigenvalue weighted by Gasteiger charge is -2.29. The number of benzene rings is 2. The van der Waals surface area contributed by atoms with Crippen LogP contribution in [0.2, 0.25) is 0 Å². The van der Waals surface area contributed by atoms with Crippen molar-refractivity contribution in [1.29, 1.82) is 0 Å². The molecule has 0 amide bonds. The molecule has 7 nitrogen and oxygen atoms in total. The molecule has 0 spiro atoms. The van der Waals surface area contributed by atoms with E-state index in [1.807, 2.05) is 36.4 Å². The zero-order valence-corrected chi connectivity index (χ0v) is 14.8. The monoisotopic (exact) mass is 409 g/mol. The van der Waals surface area contributed by atoms with Crippen LogP contribution in [0.5, 0.6) is 0 Å². The number of hydrogen-bond donors (Lipinski definition) is 4. The summed E-state index contributed by atoms with van der Waals surface area (Å²) in [5.41, 5.74) is 3.15. The number of nitrogens with zero attached hydrogens (tertiary/aromatic N) is 1. The topological polar surface area (TPSA) is 106 Å². The molecule has 1 aliphatic rings. The van der Waals surface area contributed by atoms with Crippen molar-refractivity contribution >= 4 is 38.3 Å². The molecule has 3 heterocycles. The Labute approximate surface area is 154 Å². The van der Waals surface area contributed by atoms with Crippen LogP contribution < -0.4 is 16.6 Å². The first-order chi connectivity index (χ1) is 12.6. The molecule has 2 aromatic heterocycles. The number of hydrogen-bond acceptors (Lipinski definition) is 4. The maximum absolute atomic E-state index is 12.7. The average molecular weight is 410 g/mol. The summed E-state index contributed by atoms with van der Waals surface area (Å²) in [5.74, 6) is 0.0817. The van der Waals surface area contributed by atoms with Gasteiger partial charge in [-0.25, -0.2) is 4.79 Å². The summed E-state index contributed by atoms with van der Waals surface area (Å²) in [5, 5.41) is 11.2. The van der Waals surface area contributed by atoms with Crippen molar-refractivity contribution in [3.63, 3.8) is 0 Å². The molecule has 1 aliphatic heterocycles. The van der Waals surface area contributed by atoms with Crippen LogP contribution in [0.25, 0.3) is 10.9 Å². The Bertz CT molecular complexity index is 1270. The van der Waals surface area contributed by atoms with Gasteiger partial charge >= 0.3 is 5.69 Å². The maximum Gasteiger partial charge on any atom is 0.327 e.